The van der Waals surface area contributed by atoms with E-state index in [1.807, 2.05) is 0 Å². The van der Waals surface area contributed by atoms with E-state index < -0.39 is 35.9 Å². The summed E-state index contributed by atoms with van der Waals surface area (Å²) in [6.45, 7) is 1.32. The lowest BCUT2D eigenvalue weighted by Crippen LogP contribution is -2.45. The van der Waals surface area contributed by atoms with Gasteiger partial charge in [-0.25, -0.2) is 9.18 Å². The number of terminal acetylenes is 1. The highest BCUT2D eigenvalue weighted by molar-refractivity contribution is 5.25. The number of rotatable bonds is 2. The Kier molecular flexibility index (Phi) is 3.52. The molecule has 0 saturated carbocycles. The first kappa shape index (κ1) is 14.5. The molecule has 5 atom stereocenters. The Morgan fingerprint density at radius 3 is 2.90 bits per heavy atom. The molecule has 2 heterocycles. The molecular formula is C12H14FN3O4. The summed E-state index contributed by atoms with van der Waals surface area (Å²) in [4.78, 5) is 15.2. The van der Waals surface area contributed by atoms with Gasteiger partial charge in [-0.3, -0.25) is 4.57 Å². The second kappa shape index (κ2) is 4.86. The first-order chi connectivity index (χ1) is 9.31. The third kappa shape index (κ3) is 2.06. The number of ether oxygens (including phenoxy) is 1. The summed E-state index contributed by atoms with van der Waals surface area (Å²) < 4.78 is 20.7. The molecule has 1 saturated heterocycles. The lowest BCUT2D eigenvalue weighted by molar-refractivity contribution is -0.0802. The van der Waals surface area contributed by atoms with Gasteiger partial charge in [0.15, 0.2) is 6.23 Å². The monoisotopic (exact) mass is 283 g/mol. The second-order valence-electron chi connectivity index (χ2n) is 4.59. The highest BCUT2D eigenvalue weighted by Crippen LogP contribution is 2.41. The van der Waals surface area contributed by atoms with E-state index in [0.717, 1.165) is 10.8 Å². The molecule has 0 aromatic carbocycles. The zero-order chi connectivity index (χ0) is 15.1. The van der Waals surface area contributed by atoms with Crippen molar-refractivity contribution in [3.63, 3.8) is 0 Å². The predicted molar refractivity (Wildman–Crippen MR) is 67.2 cm³/mol. The fraction of sp³-hybridized carbons (Fsp3) is 0.500. The van der Waals surface area contributed by atoms with Crippen molar-refractivity contribution < 1.29 is 19.3 Å². The fourth-order valence-electron chi connectivity index (χ4n) is 2.11. The summed E-state index contributed by atoms with van der Waals surface area (Å²) >= 11 is 0. The molecule has 1 aromatic heterocycles. The number of hydrogen-bond donors (Lipinski definition) is 3. The summed E-state index contributed by atoms with van der Waals surface area (Å²) in [5.74, 6) is 1.75. The van der Waals surface area contributed by atoms with E-state index in [1.54, 1.807) is 5.92 Å². The largest absolute Gasteiger partial charge is 0.391 e. The average molecular weight is 283 g/mol. The predicted octanol–water partition coefficient (Wildman–Crippen LogP) is -1.19. The number of halogens is 1. The fourth-order valence-corrected chi connectivity index (χ4v) is 2.11. The van der Waals surface area contributed by atoms with Gasteiger partial charge in [0.05, 0.1) is 6.10 Å². The maximum atomic E-state index is 14.7. The van der Waals surface area contributed by atoms with Crippen molar-refractivity contribution in [2.75, 3.05) is 5.73 Å². The Balaban J connectivity index is 2.50. The maximum absolute atomic E-state index is 14.7. The Hall–Kier alpha value is -1.95. The van der Waals surface area contributed by atoms with Crippen LogP contribution in [0.2, 0.25) is 0 Å². The SMILES string of the molecule is C#CC1(F)C(O)[C@@H]([C@H](C)O)O[C@H]1n1ccc(N)nc1=O. The van der Waals surface area contributed by atoms with Crippen LogP contribution in [0.5, 0.6) is 0 Å². The molecule has 1 aromatic rings. The molecule has 2 rings (SSSR count). The number of aromatic nitrogens is 2. The van der Waals surface area contributed by atoms with Gasteiger partial charge in [0, 0.05) is 6.20 Å². The van der Waals surface area contributed by atoms with Gasteiger partial charge in [-0.2, -0.15) is 4.98 Å². The van der Waals surface area contributed by atoms with Crippen LogP contribution in [0.25, 0.3) is 0 Å². The van der Waals surface area contributed by atoms with Gasteiger partial charge >= 0.3 is 5.69 Å². The van der Waals surface area contributed by atoms with Crippen molar-refractivity contribution in [3.05, 3.63) is 22.7 Å². The molecule has 1 aliphatic rings. The van der Waals surface area contributed by atoms with Crippen LogP contribution in [0.3, 0.4) is 0 Å². The van der Waals surface area contributed by atoms with E-state index in [2.05, 4.69) is 4.98 Å². The molecule has 4 N–H and O–H groups in total. The third-order valence-electron chi connectivity index (χ3n) is 3.19. The molecular weight excluding hydrogens is 269 g/mol. The molecule has 0 bridgehead atoms. The zero-order valence-electron chi connectivity index (χ0n) is 10.6. The number of aliphatic hydroxyl groups excluding tert-OH is 2. The first-order valence-corrected chi connectivity index (χ1v) is 5.84. The van der Waals surface area contributed by atoms with Gasteiger partial charge in [0.2, 0.25) is 5.67 Å². The average Bonchev–Trinajstić information content (AvgIpc) is 2.64. The van der Waals surface area contributed by atoms with Crippen LogP contribution < -0.4 is 11.4 Å². The van der Waals surface area contributed by atoms with Gasteiger partial charge in [-0.05, 0) is 13.0 Å². The maximum Gasteiger partial charge on any atom is 0.351 e. The molecule has 8 heteroatoms. The molecule has 0 radical (unpaired) electrons. The molecule has 0 aliphatic carbocycles. The smallest absolute Gasteiger partial charge is 0.351 e. The number of aliphatic hydroxyl groups is 2. The Morgan fingerprint density at radius 2 is 2.40 bits per heavy atom. The minimum absolute atomic E-state index is 0.0398. The van der Waals surface area contributed by atoms with E-state index >= 15 is 0 Å². The van der Waals surface area contributed by atoms with Crippen molar-refractivity contribution in [1.29, 1.82) is 0 Å². The Bertz CT molecular complexity index is 611. The molecule has 2 unspecified atom stereocenters. The van der Waals surface area contributed by atoms with Crippen molar-refractivity contribution >= 4 is 5.82 Å². The third-order valence-corrected chi connectivity index (χ3v) is 3.19. The van der Waals surface area contributed by atoms with E-state index in [4.69, 9.17) is 16.9 Å². The standard InChI is InChI=1S/C12H14FN3O4/c1-3-12(13)9(18)8(6(2)17)20-10(12)16-5-4-7(14)15-11(16)19/h1,4-6,8-10,17-18H,2H3,(H2,14,15,19)/t6-,8+,9?,10+,12?/m0/s1. The number of nitrogens with zero attached hydrogens (tertiary/aromatic N) is 2. The summed E-state index contributed by atoms with van der Waals surface area (Å²) in [5.41, 5.74) is 1.81. The number of anilines is 1. The summed E-state index contributed by atoms with van der Waals surface area (Å²) in [6.07, 6.45) is 0.486. The molecule has 0 amide bonds. The summed E-state index contributed by atoms with van der Waals surface area (Å²) in [6, 6.07) is 1.27. The lowest BCUT2D eigenvalue weighted by Gasteiger charge is -2.23. The van der Waals surface area contributed by atoms with E-state index in [0.29, 0.717) is 0 Å². The highest BCUT2D eigenvalue weighted by atomic mass is 19.1. The van der Waals surface area contributed by atoms with Crippen molar-refractivity contribution in [2.24, 2.45) is 0 Å². The lowest BCUT2D eigenvalue weighted by atomic mass is 9.95. The van der Waals surface area contributed by atoms with Gasteiger partial charge in [0.1, 0.15) is 18.0 Å². The molecule has 0 spiro atoms. The van der Waals surface area contributed by atoms with Crippen LogP contribution in [0.1, 0.15) is 13.2 Å². The van der Waals surface area contributed by atoms with Gasteiger partial charge in [-0.15, -0.1) is 6.42 Å². The normalized spacial score (nSPS) is 34.6. The van der Waals surface area contributed by atoms with E-state index in [9.17, 15) is 19.4 Å². The Morgan fingerprint density at radius 1 is 1.75 bits per heavy atom. The van der Waals surface area contributed by atoms with Crippen LogP contribution in [-0.4, -0.2) is 43.7 Å². The van der Waals surface area contributed by atoms with Gasteiger partial charge in [-0.1, -0.05) is 5.92 Å². The van der Waals surface area contributed by atoms with Crippen LogP contribution in [-0.2, 0) is 4.74 Å². The number of alkyl halides is 1. The number of nitrogens with two attached hydrogens (primary N) is 1. The minimum atomic E-state index is -2.66. The molecule has 108 valence electrons. The molecule has 1 aliphatic heterocycles. The number of nitrogen functional groups attached to an aromatic ring is 1. The zero-order valence-corrected chi connectivity index (χ0v) is 10.6. The van der Waals surface area contributed by atoms with Crippen molar-refractivity contribution in [2.45, 2.75) is 37.1 Å². The topological polar surface area (TPSA) is 111 Å². The first-order valence-electron chi connectivity index (χ1n) is 5.84. The van der Waals surface area contributed by atoms with Crippen LogP contribution >= 0.6 is 0 Å². The highest BCUT2D eigenvalue weighted by Gasteiger charge is 2.58. The summed E-state index contributed by atoms with van der Waals surface area (Å²) in [7, 11) is 0. The van der Waals surface area contributed by atoms with E-state index in [-0.39, 0.29) is 5.82 Å². The van der Waals surface area contributed by atoms with Gasteiger partial charge in [0.25, 0.3) is 0 Å². The van der Waals surface area contributed by atoms with Crippen LogP contribution in [0.4, 0.5) is 10.2 Å². The van der Waals surface area contributed by atoms with Crippen molar-refractivity contribution in [3.8, 4) is 12.3 Å². The van der Waals surface area contributed by atoms with Crippen LogP contribution in [0, 0.1) is 12.3 Å². The molecule has 7 nitrogen and oxygen atoms in total. The van der Waals surface area contributed by atoms with Crippen LogP contribution in [0.15, 0.2) is 17.1 Å². The minimum Gasteiger partial charge on any atom is -0.391 e. The van der Waals surface area contributed by atoms with Gasteiger partial charge < -0.3 is 20.7 Å². The second-order valence-corrected chi connectivity index (χ2v) is 4.59. The molecule has 1 fully saturated rings. The Labute approximate surface area is 113 Å². The summed E-state index contributed by atoms with van der Waals surface area (Å²) in [5, 5.41) is 19.4. The molecule has 20 heavy (non-hydrogen) atoms. The van der Waals surface area contributed by atoms with E-state index in [1.165, 1.54) is 13.0 Å². The number of hydrogen-bond acceptors (Lipinski definition) is 6. The van der Waals surface area contributed by atoms with Crippen molar-refractivity contribution in [1.82, 2.24) is 9.55 Å². The quantitative estimate of drug-likeness (QED) is 0.588.